The predicted molar refractivity (Wildman–Crippen MR) is 79.2 cm³/mol. The van der Waals surface area contributed by atoms with Crippen LogP contribution in [-0.2, 0) is 0 Å². The first-order valence-corrected chi connectivity index (χ1v) is 6.40. The summed E-state index contributed by atoms with van der Waals surface area (Å²) in [4.78, 5) is 12.8. The number of benzene rings is 2. The first-order chi connectivity index (χ1) is 8.80. The van der Waals surface area contributed by atoms with Gasteiger partial charge >= 0.3 is 6.09 Å². The maximum atomic E-state index is 11.4. The van der Waals surface area contributed by atoms with E-state index in [-0.39, 0.29) is 0 Å². The third kappa shape index (κ3) is 2.66. The zero-order valence-electron chi connectivity index (χ0n) is 11.1. The van der Waals surface area contributed by atoms with Gasteiger partial charge in [0, 0.05) is 21.6 Å². The van der Waals surface area contributed by atoms with Crippen LogP contribution in [0.15, 0.2) is 36.4 Å². The third-order valence-electron chi connectivity index (χ3n) is 2.93. The standard InChI is InChI=1S/C15H16ClNO2/c1-15(2,3)17(14(18)19)11-7-8-12-10(9-11)5-4-6-13(12)16/h4-9H,1-3H3,(H,18,19). The number of nitrogens with zero attached hydrogens (tertiary/aromatic N) is 1. The molecule has 0 atom stereocenters. The number of hydrogen-bond acceptors (Lipinski definition) is 1. The van der Waals surface area contributed by atoms with Crippen molar-refractivity contribution in [1.29, 1.82) is 0 Å². The molecule has 1 amide bonds. The van der Waals surface area contributed by atoms with Crippen molar-refractivity contribution < 1.29 is 9.90 Å². The van der Waals surface area contributed by atoms with Gasteiger partial charge in [-0.1, -0.05) is 29.8 Å². The molecule has 0 aliphatic rings. The van der Waals surface area contributed by atoms with Crippen LogP contribution >= 0.6 is 11.6 Å². The van der Waals surface area contributed by atoms with E-state index in [9.17, 15) is 9.90 Å². The molecule has 0 aliphatic heterocycles. The minimum absolute atomic E-state index is 0.502. The molecule has 2 aromatic rings. The normalized spacial score (nSPS) is 11.6. The maximum absolute atomic E-state index is 11.4. The summed E-state index contributed by atoms with van der Waals surface area (Å²) in [6.07, 6.45) is -0.964. The van der Waals surface area contributed by atoms with Crippen LogP contribution in [-0.4, -0.2) is 16.7 Å². The molecule has 0 saturated carbocycles. The van der Waals surface area contributed by atoms with Gasteiger partial charge in [-0.3, -0.25) is 4.90 Å². The Morgan fingerprint density at radius 3 is 2.47 bits per heavy atom. The van der Waals surface area contributed by atoms with Crippen molar-refractivity contribution in [3.63, 3.8) is 0 Å². The number of hydrogen-bond donors (Lipinski definition) is 1. The van der Waals surface area contributed by atoms with Crippen molar-refractivity contribution >= 4 is 34.2 Å². The molecule has 3 nitrogen and oxygen atoms in total. The highest BCUT2D eigenvalue weighted by molar-refractivity contribution is 6.35. The second-order valence-electron chi connectivity index (χ2n) is 5.43. The number of rotatable bonds is 1. The molecule has 0 fully saturated rings. The van der Waals surface area contributed by atoms with E-state index in [1.165, 1.54) is 4.90 Å². The molecule has 2 rings (SSSR count). The summed E-state index contributed by atoms with van der Waals surface area (Å²) < 4.78 is 0. The summed E-state index contributed by atoms with van der Waals surface area (Å²) in [5.74, 6) is 0. The topological polar surface area (TPSA) is 40.5 Å². The first kappa shape index (κ1) is 13.7. The molecule has 1 N–H and O–H groups in total. The van der Waals surface area contributed by atoms with Gasteiger partial charge in [-0.25, -0.2) is 4.79 Å². The quantitative estimate of drug-likeness (QED) is 0.815. The predicted octanol–water partition coefficient (Wildman–Crippen LogP) is 4.78. The molecule has 0 aromatic heterocycles. The van der Waals surface area contributed by atoms with Crippen LogP contribution in [0.1, 0.15) is 20.8 Å². The largest absolute Gasteiger partial charge is 0.465 e. The number of carboxylic acid groups (broad SMARTS) is 1. The fourth-order valence-corrected chi connectivity index (χ4v) is 2.40. The van der Waals surface area contributed by atoms with Crippen LogP contribution in [0, 0.1) is 0 Å². The first-order valence-electron chi connectivity index (χ1n) is 6.02. The molecule has 0 radical (unpaired) electrons. The molecule has 0 spiro atoms. The van der Waals surface area contributed by atoms with E-state index < -0.39 is 11.6 Å². The third-order valence-corrected chi connectivity index (χ3v) is 3.26. The molecule has 0 saturated heterocycles. The van der Waals surface area contributed by atoms with Crippen molar-refractivity contribution in [2.75, 3.05) is 4.90 Å². The molecule has 19 heavy (non-hydrogen) atoms. The van der Waals surface area contributed by atoms with Gasteiger partial charge < -0.3 is 5.11 Å². The van der Waals surface area contributed by atoms with Crippen LogP contribution in [0.5, 0.6) is 0 Å². The Bertz CT molecular complexity index is 632. The second-order valence-corrected chi connectivity index (χ2v) is 5.84. The average Bonchev–Trinajstić information content (AvgIpc) is 2.26. The summed E-state index contributed by atoms with van der Waals surface area (Å²) in [6.45, 7) is 5.59. The zero-order valence-corrected chi connectivity index (χ0v) is 11.9. The lowest BCUT2D eigenvalue weighted by Gasteiger charge is -2.33. The number of fused-ring (bicyclic) bond motifs is 1. The number of anilines is 1. The Morgan fingerprint density at radius 1 is 1.21 bits per heavy atom. The highest BCUT2D eigenvalue weighted by Gasteiger charge is 2.27. The lowest BCUT2D eigenvalue weighted by Crippen LogP contribution is -2.45. The molecule has 4 heteroatoms. The number of amides is 1. The Labute approximate surface area is 117 Å². The fourth-order valence-electron chi connectivity index (χ4n) is 2.16. The lowest BCUT2D eigenvalue weighted by atomic mass is 10.0. The average molecular weight is 278 g/mol. The monoisotopic (exact) mass is 277 g/mol. The molecule has 2 aromatic carbocycles. The minimum Gasteiger partial charge on any atom is -0.465 e. The van der Waals surface area contributed by atoms with Crippen LogP contribution in [0.2, 0.25) is 5.02 Å². The van der Waals surface area contributed by atoms with Crippen molar-refractivity contribution in [3.05, 3.63) is 41.4 Å². The SMILES string of the molecule is CC(C)(C)N(C(=O)O)c1ccc2c(Cl)cccc2c1. The van der Waals surface area contributed by atoms with Crippen LogP contribution < -0.4 is 4.90 Å². The molecule has 0 bridgehead atoms. The molecule has 0 unspecified atom stereocenters. The summed E-state index contributed by atoms with van der Waals surface area (Å²) in [5.41, 5.74) is 0.146. The van der Waals surface area contributed by atoms with Crippen LogP contribution in [0.4, 0.5) is 10.5 Å². The van der Waals surface area contributed by atoms with Crippen molar-refractivity contribution in [2.45, 2.75) is 26.3 Å². The highest BCUT2D eigenvalue weighted by Crippen LogP contribution is 2.30. The van der Waals surface area contributed by atoms with Gasteiger partial charge in [-0.15, -0.1) is 0 Å². The Kier molecular flexibility index (Phi) is 3.42. The molecular weight excluding hydrogens is 262 g/mol. The van der Waals surface area contributed by atoms with E-state index >= 15 is 0 Å². The zero-order chi connectivity index (χ0) is 14.2. The van der Waals surface area contributed by atoms with Crippen LogP contribution in [0.25, 0.3) is 10.8 Å². The minimum atomic E-state index is -0.964. The van der Waals surface area contributed by atoms with Gasteiger partial charge in [-0.05, 0) is 44.4 Å². The second kappa shape index (κ2) is 4.74. The van der Waals surface area contributed by atoms with E-state index in [2.05, 4.69) is 0 Å². The Balaban J connectivity index is 2.59. The van der Waals surface area contributed by atoms with E-state index in [0.717, 1.165) is 10.8 Å². The smallest absolute Gasteiger partial charge is 0.412 e. The van der Waals surface area contributed by atoms with Crippen molar-refractivity contribution in [2.24, 2.45) is 0 Å². The van der Waals surface area contributed by atoms with E-state index in [4.69, 9.17) is 11.6 Å². The molecule has 0 heterocycles. The molecule has 0 aliphatic carbocycles. The summed E-state index contributed by atoms with van der Waals surface area (Å²) in [5, 5.41) is 11.9. The van der Waals surface area contributed by atoms with Crippen LogP contribution in [0.3, 0.4) is 0 Å². The maximum Gasteiger partial charge on any atom is 0.412 e. The van der Waals surface area contributed by atoms with Gasteiger partial charge in [0.15, 0.2) is 0 Å². The Hall–Kier alpha value is -1.74. The summed E-state index contributed by atoms with van der Waals surface area (Å²) in [6, 6.07) is 11.1. The van der Waals surface area contributed by atoms with Gasteiger partial charge in [0.25, 0.3) is 0 Å². The molecular formula is C15H16ClNO2. The van der Waals surface area contributed by atoms with Gasteiger partial charge in [0.2, 0.25) is 0 Å². The summed E-state index contributed by atoms with van der Waals surface area (Å²) in [7, 11) is 0. The summed E-state index contributed by atoms with van der Waals surface area (Å²) >= 11 is 6.11. The lowest BCUT2D eigenvalue weighted by molar-refractivity contribution is 0.195. The van der Waals surface area contributed by atoms with Gasteiger partial charge in [-0.2, -0.15) is 0 Å². The fraction of sp³-hybridized carbons (Fsp3) is 0.267. The highest BCUT2D eigenvalue weighted by atomic mass is 35.5. The van der Waals surface area contributed by atoms with Gasteiger partial charge in [0.1, 0.15) is 0 Å². The number of carbonyl (C=O) groups is 1. The Morgan fingerprint density at radius 2 is 1.89 bits per heavy atom. The van der Waals surface area contributed by atoms with E-state index in [1.54, 1.807) is 6.07 Å². The van der Waals surface area contributed by atoms with Crippen molar-refractivity contribution in [1.82, 2.24) is 0 Å². The molecule has 100 valence electrons. The van der Waals surface area contributed by atoms with Gasteiger partial charge in [0.05, 0.1) is 0 Å². The van der Waals surface area contributed by atoms with E-state index in [0.29, 0.717) is 10.7 Å². The van der Waals surface area contributed by atoms with Crippen molar-refractivity contribution in [3.8, 4) is 0 Å². The van der Waals surface area contributed by atoms with E-state index in [1.807, 2.05) is 51.1 Å². The number of halogens is 1.